The molecule has 12 heteroatoms. The summed E-state index contributed by atoms with van der Waals surface area (Å²) in [5, 5.41) is 14.3. The van der Waals surface area contributed by atoms with Crippen LogP contribution in [0.5, 0.6) is 11.5 Å². The molecule has 1 aliphatic rings. The Kier molecular flexibility index (Phi) is 6.94. The number of hydrogen-bond acceptors (Lipinski definition) is 6. The first-order valence-electron chi connectivity index (χ1n) is 9.77. The number of amides is 1. The molecule has 1 saturated heterocycles. The lowest BCUT2D eigenvalue weighted by Crippen LogP contribution is -2.19. The number of rotatable bonds is 5. The molecule has 1 aliphatic heterocycles. The summed E-state index contributed by atoms with van der Waals surface area (Å²) in [6, 6.07) is 15.5. The maximum atomic E-state index is 12.9. The molecule has 0 aliphatic carbocycles. The zero-order valence-corrected chi connectivity index (χ0v) is 19.8. The minimum Gasteiger partial charge on any atom is -0.450 e. The summed E-state index contributed by atoms with van der Waals surface area (Å²) in [7, 11) is 0. The highest BCUT2D eigenvalue weighted by Gasteiger charge is 2.33. The van der Waals surface area contributed by atoms with Crippen LogP contribution in [0.3, 0.4) is 0 Å². The van der Waals surface area contributed by atoms with Crippen molar-refractivity contribution in [3.05, 3.63) is 97.3 Å². The summed E-state index contributed by atoms with van der Waals surface area (Å²) in [6.45, 7) is 0. The molecular weight excluding hydrogens is 551 g/mol. The van der Waals surface area contributed by atoms with Crippen LogP contribution in [0.2, 0.25) is 0 Å². The van der Waals surface area contributed by atoms with Gasteiger partial charge in [0.05, 0.1) is 21.1 Å². The number of thioether (sulfide) groups is 1. The third kappa shape index (κ3) is 6.08. The van der Waals surface area contributed by atoms with Gasteiger partial charge in [0.2, 0.25) is 5.75 Å². The molecule has 0 radical (unpaired) electrons. The van der Waals surface area contributed by atoms with Crippen molar-refractivity contribution < 1.29 is 27.6 Å². The number of halogens is 4. The summed E-state index contributed by atoms with van der Waals surface area (Å²) in [4.78, 5) is 27.4. The van der Waals surface area contributed by atoms with E-state index in [9.17, 15) is 28.1 Å². The van der Waals surface area contributed by atoms with E-state index in [1.165, 1.54) is 23.9 Å². The fourth-order valence-corrected chi connectivity index (χ4v) is 4.21. The minimum atomic E-state index is -4.72. The van der Waals surface area contributed by atoms with Crippen molar-refractivity contribution in [3.8, 4) is 11.5 Å². The molecule has 178 valence electrons. The van der Waals surface area contributed by atoms with Gasteiger partial charge in [-0.15, -0.1) is 0 Å². The van der Waals surface area contributed by atoms with Gasteiger partial charge in [0.1, 0.15) is 5.75 Å². The normalized spacial score (nSPS) is 15.9. The quantitative estimate of drug-likeness (QED) is 0.204. The van der Waals surface area contributed by atoms with Gasteiger partial charge < -0.3 is 10.1 Å². The minimum absolute atomic E-state index is 0.176. The van der Waals surface area contributed by atoms with E-state index in [1.54, 1.807) is 30.3 Å². The first-order chi connectivity index (χ1) is 16.6. The van der Waals surface area contributed by atoms with E-state index in [0.29, 0.717) is 33.5 Å². The topological polar surface area (TPSA) is 93.8 Å². The number of nitro groups is 1. The predicted octanol–water partition coefficient (Wildman–Crippen LogP) is 7.06. The number of amidine groups is 1. The number of alkyl halides is 3. The van der Waals surface area contributed by atoms with E-state index in [-0.39, 0.29) is 17.4 Å². The molecule has 7 nitrogen and oxygen atoms in total. The first-order valence-corrected chi connectivity index (χ1v) is 11.4. The number of nitro benzene ring substituents is 1. The highest BCUT2D eigenvalue weighted by molar-refractivity contribution is 9.10. The van der Waals surface area contributed by atoms with Crippen LogP contribution < -0.4 is 10.1 Å². The van der Waals surface area contributed by atoms with Crippen LogP contribution in [0.1, 0.15) is 11.1 Å². The Balaban J connectivity index is 1.50. The van der Waals surface area contributed by atoms with Gasteiger partial charge in [-0.3, -0.25) is 14.9 Å². The average molecular weight is 564 g/mol. The lowest BCUT2D eigenvalue weighted by molar-refractivity contribution is -0.385. The highest BCUT2D eigenvalue weighted by Crippen LogP contribution is 2.38. The molecule has 4 rings (SSSR count). The second-order valence-electron chi connectivity index (χ2n) is 7.07. The van der Waals surface area contributed by atoms with E-state index >= 15 is 0 Å². The van der Waals surface area contributed by atoms with Crippen molar-refractivity contribution in [2.24, 2.45) is 4.99 Å². The van der Waals surface area contributed by atoms with Gasteiger partial charge in [-0.1, -0.05) is 34.1 Å². The zero-order chi connectivity index (χ0) is 25.2. The monoisotopic (exact) mass is 563 g/mol. The van der Waals surface area contributed by atoms with Crippen LogP contribution in [0.25, 0.3) is 6.08 Å². The van der Waals surface area contributed by atoms with Crippen molar-refractivity contribution in [3.63, 3.8) is 0 Å². The summed E-state index contributed by atoms with van der Waals surface area (Å²) < 4.78 is 44.9. The molecule has 0 saturated carbocycles. The number of nitrogens with zero attached hydrogens (tertiary/aromatic N) is 2. The van der Waals surface area contributed by atoms with E-state index in [1.807, 2.05) is 12.1 Å². The Bertz CT molecular complexity index is 1380. The molecule has 0 bridgehead atoms. The number of benzene rings is 3. The van der Waals surface area contributed by atoms with Crippen LogP contribution in [0, 0.1) is 10.1 Å². The van der Waals surface area contributed by atoms with Crippen molar-refractivity contribution in [1.82, 2.24) is 5.32 Å². The van der Waals surface area contributed by atoms with Crippen molar-refractivity contribution in [1.29, 1.82) is 0 Å². The van der Waals surface area contributed by atoms with Crippen LogP contribution in [-0.4, -0.2) is 16.0 Å². The first kappa shape index (κ1) is 24.5. The van der Waals surface area contributed by atoms with E-state index in [0.717, 1.165) is 10.5 Å². The van der Waals surface area contributed by atoms with Crippen molar-refractivity contribution in [2.75, 3.05) is 0 Å². The molecule has 1 N–H and O–H groups in total. The predicted molar refractivity (Wildman–Crippen MR) is 130 cm³/mol. The van der Waals surface area contributed by atoms with Crippen LogP contribution in [-0.2, 0) is 11.0 Å². The third-order valence-corrected chi connectivity index (χ3v) is 5.98. The molecule has 1 amide bonds. The summed E-state index contributed by atoms with van der Waals surface area (Å²) >= 11 is 4.53. The number of ether oxygens (including phenoxy) is 1. The highest BCUT2D eigenvalue weighted by atomic mass is 79.9. The number of carbonyl (C=O) groups is 1. The average Bonchev–Trinajstić information content (AvgIpc) is 3.12. The summed E-state index contributed by atoms with van der Waals surface area (Å²) in [5.74, 6) is -0.465. The third-order valence-electron chi connectivity index (χ3n) is 4.58. The molecule has 0 aromatic heterocycles. The number of hydrogen-bond donors (Lipinski definition) is 1. The van der Waals surface area contributed by atoms with Gasteiger partial charge in [-0.05, 0) is 65.9 Å². The fourth-order valence-electron chi connectivity index (χ4n) is 2.98. The molecule has 1 fully saturated rings. The second kappa shape index (κ2) is 9.92. The van der Waals surface area contributed by atoms with E-state index < -0.39 is 22.4 Å². The SMILES string of the molecule is O=C1NC(=Nc2cccc(Br)c2)S/C1=C\c1ccc(Oc2ccc(C(F)(F)F)cc2[N+](=O)[O-])cc1. The Labute approximate surface area is 209 Å². The standard InChI is InChI=1S/C23H13BrF3N3O4S/c24-15-2-1-3-16(12-15)28-22-29-21(31)20(35-22)10-13-4-7-17(8-5-13)34-19-9-6-14(23(25,26)27)11-18(19)30(32)33/h1-12H,(H,28,29,31)/b20-10-. The molecule has 1 heterocycles. The molecular formula is C23H13BrF3N3O4S. The number of carbonyl (C=O) groups excluding carboxylic acids is 1. The van der Waals surface area contributed by atoms with Crippen LogP contribution in [0.4, 0.5) is 24.5 Å². The van der Waals surface area contributed by atoms with E-state index in [2.05, 4.69) is 26.2 Å². The molecule has 3 aromatic rings. The molecule has 0 atom stereocenters. The van der Waals surface area contributed by atoms with Gasteiger partial charge in [0, 0.05) is 10.5 Å². The van der Waals surface area contributed by atoms with Crippen molar-refractivity contribution >= 4 is 56.2 Å². The molecule has 35 heavy (non-hydrogen) atoms. The van der Waals surface area contributed by atoms with Gasteiger partial charge in [-0.25, -0.2) is 4.99 Å². The van der Waals surface area contributed by atoms with Crippen LogP contribution in [0.15, 0.2) is 81.1 Å². The maximum Gasteiger partial charge on any atom is 0.416 e. The summed E-state index contributed by atoms with van der Waals surface area (Å²) in [6.07, 6.45) is -3.08. The van der Waals surface area contributed by atoms with Crippen molar-refractivity contribution in [2.45, 2.75) is 6.18 Å². The maximum absolute atomic E-state index is 12.9. The zero-order valence-electron chi connectivity index (χ0n) is 17.4. The number of aliphatic imine (C=N–C) groups is 1. The lowest BCUT2D eigenvalue weighted by atomic mass is 10.1. The summed E-state index contributed by atoms with van der Waals surface area (Å²) in [5.41, 5.74) is -0.640. The fraction of sp³-hybridized carbons (Fsp3) is 0.0435. The molecule has 3 aromatic carbocycles. The van der Waals surface area contributed by atoms with E-state index in [4.69, 9.17) is 4.74 Å². The number of nitrogens with one attached hydrogen (secondary N) is 1. The lowest BCUT2D eigenvalue weighted by Gasteiger charge is -2.10. The Morgan fingerprint density at radius 3 is 2.49 bits per heavy atom. The Hall–Kier alpha value is -3.64. The van der Waals surface area contributed by atoms with Gasteiger partial charge >= 0.3 is 11.9 Å². The van der Waals surface area contributed by atoms with Gasteiger partial charge in [0.25, 0.3) is 5.91 Å². The molecule has 0 spiro atoms. The second-order valence-corrected chi connectivity index (χ2v) is 9.02. The van der Waals surface area contributed by atoms with Gasteiger partial charge in [0.15, 0.2) is 5.17 Å². The van der Waals surface area contributed by atoms with Gasteiger partial charge in [-0.2, -0.15) is 13.2 Å². The molecule has 0 unspecified atom stereocenters. The smallest absolute Gasteiger partial charge is 0.416 e. The Morgan fingerprint density at radius 1 is 1.09 bits per heavy atom. The largest absolute Gasteiger partial charge is 0.450 e. The Morgan fingerprint density at radius 2 is 1.83 bits per heavy atom. The van der Waals surface area contributed by atoms with Crippen LogP contribution >= 0.6 is 27.7 Å².